The molecule has 7 nitrogen and oxygen atoms in total. The summed E-state index contributed by atoms with van der Waals surface area (Å²) in [5, 5.41) is 0.636. The Morgan fingerprint density at radius 1 is 1.09 bits per heavy atom. The van der Waals surface area contributed by atoms with Crippen molar-refractivity contribution in [3.63, 3.8) is 0 Å². The Morgan fingerprint density at radius 3 is 2.49 bits per heavy atom. The van der Waals surface area contributed by atoms with E-state index in [1.807, 2.05) is 27.9 Å². The number of hydrogen-bond acceptors (Lipinski definition) is 6. The third-order valence-corrected chi connectivity index (χ3v) is 9.37. The molecule has 0 spiro atoms. The van der Waals surface area contributed by atoms with Gasteiger partial charge in [0.1, 0.15) is 6.04 Å². The van der Waals surface area contributed by atoms with E-state index in [2.05, 4.69) is 24.0 Å². The molecular formula is C26H34N4O3S2. The molecule has 1 unspecified atom stereocenters. The van der Waals surface area contributed by atoms with Crippen molar-refractivity contribution in [1.82, 2.24) is 14.2 Å². The van der Waals surface area contributed by atoms with Crippen LogP contribution >= 0.6 is 11.3 Å². The van der Waals surface area contributed by atoms with E-state index < -0.39 is 16.1 Å². The summed E-state index contributed by atoms with van der Waals surface area (Å²) in [5.74, 6) is -0.189. The largest absolute Gasteiger partial charge is 0.309 e. The van der Waals surface area contributed by atoms with Crippen molar-refractivity contribution in [1.29, 1.82) is 0 Å². The Balaban J connectivity index is 1.68. The Bertz CT molecular complexity index is 1320. The third-order valence-electron chi connectivity index (χ3n) is 6.42. The van der Waals surface area contributed by atoms with Gasteiger partial charge < -0.3 is 4.90 Å². The fourth-order valence-corrected chi connectivity index (χ4v) is 7.44. The predicted molar refractivity (Wildman–Crippen MR) is 143 cm³/mol. The minimum atomic E-state index is -3.78. The fourth-order valence-electron chi connectivity index (χ4n) is 4.62. The first-order valence-electron chi connectivity index (χ1n) is 12.0. The first-order valence-corrected chi connectivity index (χ1v) is 14.3. The summed E-state index contributed by atoms with van der Waals surface area (Å²) in [4.78, 5) is 22.8. The Morgan fingerprint density at radius 2 is 1.80 bits per heavy atom. The maximum atomic E-state index is 14.0. The molecule has 0 aliphatic carbocycles. The number of benzene rings is 2. The first-order chi connectivity index (χ1) is 16.6. The van der Waals surface area contributed by atoms with Crippen LogP contribution in [0.25, 0.3) is 10.2 Å². The van der Waals surface area contributed by atoms with E-state index >= 15 is 0 Å². The molecule has 0 saturated carbocycles. The van der Waals surface area contributed by atoms with Gasteiger partial charge in [0.25, 0.3) is 0 Å². The van der Waals surface area contributed by atoms with Crippen molar-refractivity contribution >= 4 is 42.6 Å². The van der Waals surface area contributed by atoms with Crippen LogP contribution in [0.5, 0.6) is 0 Å². The molecule has 3 aromatic rings. The molecule has 1 aliphatic rings. The molecule has 0 radical (unpaired) electrons. The summed E-state index contributed by atoms with van der Waals surface area (Å²) in [6.45, 7) is 7.66. The highest BCUT2D eigenvalue weighted by Crippen LogP contribution is 2.34. The molecule has 1 aliphatic heterocycles. The van der Waals surface area contributed by atoms with Gasteiger partial charge in [0, 0.05) is 13.1 Å². The van der Waals surface area contributed by atoms with Gasteiger partial charge in [-0.2, -0.15) is 4.31 Å². The number of anilines is 1. The highest BCUT2D eigenvalue weighted by molar-refractivity contribution is 7.89. The van der Waals surface area contributed by atoms with Crippen LogP contribution in [-0.4, -0.2) is 68.3 Å². The molecule has 4 rings (SSSR count). The second kappa shape index (κ2) is 10.3. The van der Waals surface area contributed by atoms with E-state index in [1.165, 1.54) is 15.6 Å². The summed E-state index contributed by atoms with van der Waals surface area (Å²) in [6, 6.07) is 10.3. The summed E-state index contributed by atoms with van der Waals surface area (Å²) in [6.07, 6.45) is 1.94. The molecular weight excluding hydrogens is 480 g/mol. The number of aromatic nitrogens is 1. The van der Waals surface area contributed by atoms with E-state index in [0.717, 1.165) is 39.9 Å². The van der Waals surface area contributed by atoms with Crippen molar-refractivity contribution in [2.24, 2.45) is 0 Å². The van der Waals surface area contributed by atoms with Gasteiger partial charge >= 0.3 is 0 Å². The third kappa shape index (κ3) is 5.43. The Hall–Kier alpha value is -2.33. The van der Waals surface area contributed by atoms with Gasteiger partial charge in [-0.05, 0) is 90.0 Å². The molecule has 2 heterocycles. The number of nitrogens with zero attached hydrogens (tertiary/aromatic N) is 4. The average Bonchev–Trinajstić information content (AvgIpc) is 3.44. The molecule has 35 heavy (non-hydrogen) atoms. The van der Waals surface area contributed by atoms with Crippen molar-refractivity contribution in [3.8, 4) is 0 Å². The highest BCUT2D eigenvalue weighted by atomic mass is 32.2. The molecule has 1 fully saturated rings. The van der Waals surface area contributed by atoms with E-state index in [9.17, 15) is 13.2 Å². The maximum absolute atomic E-state index is 14.0. The van der Waals surface area contributed by atoms with Crippen molar-refractivity contribution < 1.29 is 13.2 Å². The van der Waals surface area contributed by atoms with Gasteiger partial charge in [0.2, 0.25) is 15.9 Å². The topological polar surface area (TPSA) is 73.8 Å². The highest BCUT2D eigenvalue weighted by Gasteiger charge is 2.42. The van der Waals surface area contributed by atoms with E-state index in [4.69, 9.17) is 4.98 Å². The smallest absolute Gasteiger partial charge is 0.247 e. The number of fused-ring (bicyclic) bond motifs is 1. The lowest BCUT2D eigenvalue weighted by Gasteiger charge is -2.29. The van der Waals surface area contributed by atoms with Crippen LogP contribution in [0.15, 0.2) is 41.3 Å². The molecule has 2 aromatic carbocycles. The zero-order valence-corrected chi connectivity index (χ0v) is 22.7. The predicted octanol–water partition coefficient (Wildman–Crippen LogP) is 4.36. The van der Waals surface area contributed by atoms with Crippen molar-refractivity contribution in [2.45, 2.75) is 51.0 Å². The number of rotatable bonds is 8. The molecule has 1 saturated heterocycles. The monoisotopic (exact) mass is 514 g/mol. The Kier molecular flexibility index (Phi) is 7.61. The van der Waals surface area contributed by atoms with Gasteiger partial charge in [-0.25, -0.2) is 13.4 Å². The molecule has 1 amide bonds. The zero-order chi connectivity index (χ0) is 25.3. The van der Waals surface area contributed by atoms with Crippen LogP contribution in [0.2, 0.25) is 0 Å². The van der Waals surface area contributed by atoms with Crippen molar-refractivity contribution in [3.05, 3.63) is 53.1 Å². The first kappa shape index (κ1) is 25.8. The lowest BCUT2D eigenvalue weighted by molar-refractivity contribution is -0.121. The minimum Gasteiger partial charge on any atom is -0.309 e. The number of hydrogen-bond donors (Lipinski definition) is 0. The number of carbonyl (C=O) groups is 1. The van der Waals surface area contributed by atoms with Gasteiger partial charge in [-0.1, -0.05) is 35.1 Å². The fraction of sp³-hybridized carbons (Fsp3) is 0.462. The van der Waals surface area contributed by atoms with Crippen LogP contribution in [0.1, 0.15) is 36.0 Å². The Labute approximate surface area is 212 Å². The molecule has 1 atom stereocenters. The van der Waals surface area contributed by atoms with Crippen LogP contribution in [0.4, 0.5) is 5.13 Å². The maximum Gasteiger partial charge on any atom is 0.247 e. The van der Waals surface area contributed by atoms with Crippen LogP contribution < -0.4 is 4.90 Å². The number of carbonyl (C=O) groups excluding carboxylic acids is 1. The number of aryl methyl sites for hydroxylation is 3. The average molecular weight is 515 g/mol. The molecule has 0 N–H and O–H groups in total. The second-order valence-corrected chi connectivity index (χ2v) is 12.6. The van der Waals surface area contributed by atoms with Crippen LogP contribution in [0.3, 0.4) is 0 Å². The summed E-state index contributed by atoms with van der Waals surface area (Å²) in [7, 11) is 0.230. The van der Waals surface area contributed by atoms with E-state index in [1.54, 1.807) is 29.2 Å². The van der Waals surface area contributed by atoms with Crippen molar-refractivity contribution in [2.75, 3.05) is 38.6 Å². The minimum absolute atomic E-state index is 0.189. The summed E-state index contributed by atoms with van der Waals surface area (Å²) >= 11 is 1.50. The van der Waals surface area contributed by atoms with Crippen LogP contribution in [0, 0.1) is 20.8 Å². The number of sulfonamides is 1. The summed E-state index contributed by atoms with van der Waals surface area (Å²) < 4.78 is 29.4. The second-order valence-electron chi connectivity index (χ2n) is 9.66. The van der Waals surface area contributed by atoms with Crippen LogP contribution in [-0.2, 0) is 14.8 Å². The zero-order valence-electron chi connectivity index (χ0n) is 21.1. The standard InChI is InChI=1S/C26H34N4O3S2/c1-18-9-11-21(12-10-18)35(32,33)30-15-6-8-22(30)25(31)29(14-7-13-28(4)5)26-27-24-20(3)16-19(2)17-23(24)34-26/h9-12,16-17,22H,6-8,13-15H2,1-5H3. The van der Waals surface area contributed by atoms with Gasteiger partial charge in [-0.3, -0.25) is 9.69 Å². The lowest BCUT2D eigenvalue weighted by atomic mass is 10.1. The van der Waals surface area contributed by atoms with Gasteiger partial charge in [0.05, 0.1) is 15.1 Å². The van der Waals surface area contributed by atoms with Gasteiger partial charge in [-0.15, -0.1) is 0 Å². The number of amides is 1. The van der Waals surface area contributed by atoms with E-state index in [-0.39, 0.29) is 10.8 Å². The normalized spacial score (nSPS) is 16.9. The van der Waals surface area contributed by atoms with E-state index in [0.29, 0.717) is 31.1 Å². The van der Waals surface area contributed by atoms with Gasteiger partial charge in [0.15, 0.2) is 5.13 Å². The molecule has 0 bridgehead atoms. The molecule has 9 heteroatoms. The molecule has 1 aromatic heterocycles. The lowest BCUT2D eigenvalue weighted by Crippen LogP contribution is -2.48. The quantitative estimate of drug-likeness (QED) is 0.447. The summed E-state index contributed by atoms with van der Waals surface area (Å²) in [5.41, 5.74) is 4.12. The SMILES string of the molecule is Cc1ccc(S(=O)(=O)N2CCCC2C(=O)N(CCCN(C)C)c2nc3c(C)cc(C)cc3s2)cc1. The number of thiazole rings is 1. The molecule has 188 valence electrons.